The summed E-state index contributed by atoms with van der Waals surface area (Å²) in [6, 6.07) is 3.94. The van der Waals surface area contributed by atoms with Gasteiger partial charge in [0.1, 0.15) is 13.2 Å². The first-order chi connectivity index (χ1) is 8.61. The van der Waals surface area contributed by atoms with Crippen LogP contribution in [0.1, 0.15) is 30.4 Å². The van der Waals surface area contributed by atoms with E-state index >= 15 is 0 Å². The number of carboxylic acid groups (broad SMARTS) is 1. The fourth-order valence-electron chi connectivity index (χ4n) is 2.74. The number of aryl methyl sites for hydroxylation is 1. The Hall–Kier alpha value is -1.71. The Morgan fingerprint density at radius 3 is 2.44 bits per heavy atom. The molecule has 96 valence electrons. The maximum Gasteiger partial charge on any atom is 0.304 e. The number of ether oxygens (including phenoxy) is 2. The van der Waals surface area contributed by atoms with E-state index in [9.17, 15) is 4.79 Å². The zero-order valence-corrected chi connectivity index (χ0v) is 10.4. The van der Waals surface area contributed by atoms with E-state index in [1.54, 1.807) is 0 Å². The first-order valence-electron chi connectivity index (χ1n) is 6.23. The first-order valence-corrected chi connectivity index (χ1v) is 6.23. The van der Waals surface area contributed by atoms with Crippen LogP contribution in [0.3, 0.4) is 0 Å². The molecule has 1 heterocycles. The Kier molecular flexibility index (Phi) is 2.47. The van der Waals surface area contributed by atoms with Crippen molar-refractivity contribution in [2.75, 3.05) is 13.2 Å². The number of benzene rings is 1. The van der Waals surface area contributed by atoms with Crippen LogP contribution < -0.4 is 9.47 Å². The fraction of sp³-hybridized carbons (Fsp3) is 0.500. The lowest BCUT2D eigenvalue weighted by atomic mass is 9.88. The molecule has 0 atom stereocenters. The van der Waals surface area contributed by atoms with Crippen molar-refractivity contribution in [2.45, 2.75) is 31.6 Å². The van der Waals surface area contributed by atoms with Crippen LogP contribution in [0.4, 0.5) is 0 Å². The summed E-state index contributed by atoms with van der Waals surface area (Å²) in [4.78, 5) is 11.0. The Bertz CT molecular complexity index is 503. The van der Waals surface area contributed by atoms with E-state index in [4.69, 9.17) is 14.6 Å². The van der Waals surface area contributed by atoms with Gasteiger partial charge in [-0.25, -0.2) is 0 Å². The molecule has 1 N–H and O–H groups in total. The highest BCUT2D eigenvalue weighted by Crippen LogP contribution is 2.53. The normalized spacial score (nSPS) is 19.4. The molecule has 0 radical (unpaired) electrons. The average Bonchev–Trinajstić information content (AvgIpc) is 3.08. The molecule has 4 nitrogen and oxygen atoms in total. The van der Waals surface area contributed by atoms with Gasteiger partial charge in [-0.2, -0.15) is 0 Å². The van der Waals surface area contributed by atoms with E-state index in [0.29, 0.717) is 13.2 Å². The van der Waals surface area contributed by atoms with Gasteiger partial charge in [-0.1, -0.05) is 0 Å². The third kappa shape index (κ3) is 1.82. The summed E-state index contributed by atoms with van der Waals surface area (Å²) in [6.45, 7) is 3.14. The summed E-state index contributed by atoms with van der Waals surface area (Å²) in [6.07, 6.45) is 2.09. The Morgan fingerprint density at radius 2 is 1.89 bits per heavy atom. The number of rotatable bonds is 3. The molecule has 4 heteroatoms. The van der Waals surface area contributed by atoms with Crippen LogP contribution in [-0.4, -0.2) is 24.3 Å². The van der Waals surface area contributed by atoms with E-state index in [2.05, 4.69) is 0 Å². The number of aliphatic carboxylic acids is 1. The van der Waals surface area contributed by atoms with Gasteiger partial charge in [0.05, 0.1) is 6.42 Å². The molecule has 1 fully saturated rings. The van der Waals surface area contributed by atoms with E-state index < -0.39 is 5.97 Å². The van der Waals surface area contributed by atoms with Crippen LogP contribution in [0.15, 0.2) is 12.1 Å². The summed E-state index contributed by atoms with van der Waals surface area (Å²) < 4.78 is 11.1. The maximum absolute atomic E-state index is 11.0. The van der Waals surface area contributed by atoms with Gasteiger partial charge in [-0.05, 0) is 43.0 Å². The van der Waals surface area contributed by atoms with Gasteiger partial charge in [0.25, 0.3) is 0 Å². The van der Waals surface area contributed by atoms with E-state index in [-0.39, 0.29) is 11.8 Å². The number of fused-ring (bicyclic) bond motifs is 1. The molecular formula is C14H16O4. The second-order valence-corrected chi connectivity index (χ2v) is 5.16. The van der Waals surface area contributed by atoms with Crippen molar-refractivity contribution in [1.82, 2.24) is 0 Å². The minimum absolute atomic E-state index is 0.175. The summed E-state index contributed by atoms with van der Waals surface area (Å²) in [5, 5.41) is 9.02. The van der Waals surface area contributed by atoms with Crippen LogP contribution in [-0.2, 0) is 10.2 Å². The van der Waals surface area contributed by atoms with Crippen molar-refractivity contribution in [3.63, 3.8) is 0 Å². The summed E-state index contributed by atoms with van der Waals surface area (Å²) in [5.41, 5.74) is 2.03. The van der Waals surface area contributed by atoms with Crippen molar-refractivity contribution in [3.05, 3.63) is 23.3 Å². The molecule has 1 aromatic rings. The molecule has 0 amide bonds. The zero-order valence-electron chi connectivity index (χ0n) is 10.4. The molecule has 0 spiro atoms. The van der Waals surface area contributed by atoms with Gasteiger partial charge in [-0.15, -0.1) is 0 Å². The minimum atomic E-state index is -0.734. The molecule has 1 aliphatic heterocycles. The largest absolute Gasteiger partial charge is 0.486 e. The molecule has 3 rings (SSSR count). The topological polar surface area (TPSA) is 55.8 Å². The van der Waals surface area contributed by atoms with Gasteiger partial charge in [0, 0.05) is 5.41 Å². The Balaban J connectivity index is 1.99. The lowest BCUT2D eigenvalue weighted by molar-refractivity contribution is -0.137. The predicted molar refractivity (Wildman–Crippen MR) is 65.3 cm³/mol. The quantitative estimate of drug-likeness (QED) is 0.891. The predicted octanol–water partition coefficient (Wildman–Crippen LogP) is 2.27. The molecular weight excluding hydrogens is 232 g/mol. The molecule has 18 heavy (non-hydrogen) atoms. The highest BCUT2D eigenvalue weighted by atomic mass is 16.6. The number of carboxylic acids is 1. The first kappa shape index (κ1) is 11.4. The average molecular weight is 248 g/mol. The molecule has 0 aromatic heterocycles. The van der Waals surface area contributed by atoms with E-state index in [1.807, 2.05) is 19.1 Å². The summed E-state index contributed by atoms with van der Waals surface area (Å²) in [5.74, 6) is 0.786. The van der Waals surface area contributed by atoms with Gasteiger partial charge in [0.15, 0.2) is 11.5 Å². The maximum atomic E-state index is 11.0. The monoisotopic (exact) mass is 248 g/mol. The van der Waals surface area contributed by atoms with E-state index in [0.717, 1.165) is 35.5 Å². The smallest absolute Gasteiger partial charge is 0.304 e. The molecule has 0 saturated heterocycles. The van der Waals surface area contributed by atoms with Crippen molar-refractivity contribution in [3.8, 4) is 11.5 Å². The summed E-state index contributed by atoms with van der Waals surface area (Å²) >= 11 is 0. The number of hydrogen-bond acceptors (Lipinski definition) is 3. The van der Waals surface area contributed by atoms with E-state index in [1.165, 1.54) is 0 Å². The Labute approximate surface area is 106 Å². The number of hydrogen-bond donors (Lipinski definition) is 1. The summed E-state index contributed by atoms with van der Waals surface area (Å²) in [7, 11) is 0. The highest BCUT2D eigenvalue weighted by molar-refractivity contribution is 5.70. The van der Waals surface area contributed by atoms with Crippen molar-refractivity contribution in [2.24, 2.45) is 0 Å². The fourth-order valence-corrected chi connectivity index (χ4v) is 2.74. The van der Waals surface area contributed by atoms with Crippen LogP contribution >= 0.6 is 0 Å². The van der Waals surface area contributed by atoms with Crippen LogP contribution in [0.5, 0.6) is 11.5 Å². The SMILES string of the molecule is Cc1cc2c(cc1C1(CC(=O)O)CC1)OCCO2. The number of carbonyl (C=O) groups is 1. The van der Waals surface area contributed by atoms with Gasteiger partial charge >= 0.3 is 5.97 Å². The molecule has 0 bridgehead atoms. The third-order valence-electron chi connectivity index (χ3n) is 3.80. The van der Waals surface area contributed by atoms with Crippen molar-refractivity contribution < 1.29 is 19.4 Å². The zero-order chi connectivity index (χ0) is 12.8. The van der Waals surface area contributed by atoms with Gasteiger partial charge in [0.2, 0.25) is 0 Å². The van der Waals surface area contributed by atoms with Crippen molar-refractivity contribution in [1.29, 1.82) is 0 Å². The Morgan fingerprint density at radius 1 is 1.28 bits per heavy atom. The van der Waals surface area contributed by atoms with Crippen LogP contribution in [0, 0.1) is 6.92 Å². The lowest BCUT2D eigenvalue weighted by Gasteiger charge is -2.23. The van der Waals surface area contributed by atoms with Crippen molar-refractivity contribution >= 4 is 5.97 Å². The second kappa shape index (κ2) is 3.90. The molecule has 2 aliphatic rings. The van der Waals surface area contributed by atoms with Gasteiger partial charge < -0.3 is 14.6 Å². The lowest BCUT2D eigenvalue weighted by Crippen LogP contribution is -2.18. The van der Waals surface area contributed by atoms with Crippen LogP contribution in [0.2, 0.25) is 0 Å². The standard InChI is InChI=1S/C14H16O4/c1-9-6-11-12(18-5-4-17-11)7-10(9)14(2-3-14)8-13(15)16/h6-7H,2-5,8H2,1H3,(H,15,16). The third-order valence-corrected chi connectivity index (χ3v) is 3.80. The van der Waals surface area contributed by atoms with Crippen LogP contribution in [0.25, 0.3) is 0 Å². The molecule has 1 aliphatic carbocycles. The van der Waals surface area contributed by atoms with Gasteiger partial charge in [-0.3, -0.25) is 4.79 Å². The molecule has 1 aromatic carbocycles. The molecule has 1 saturated carbocycles. The molecule has 0 unspecified atom stereocenters. The highest BCUT2D eigenvalue weighted by Gasteiger charge is 2.47. The minimum Gasteiger partial charge on any atom is -0.486 e. The second-order valence-electron chi connectivity index (χ2n) is 5.16.